The van der Waals surface area contributed by atoms with Crippen molar-refractivity contribution in [3.8, 4) is 0 Å². The molecule has 0 aromatic carbocycles. The van der Waals surface area contributed by atoms with Crippen LogP contribution in [-0.2, 0) is 11.3 Å². The van der Waals surface area contributed by atoms with Crippen LogP contribution >= 0.6 is 23.1 Å². The molecule has 0 saturated heterocycles. The molecule has 0 aliphatic rings. The lowest BCUT2D eigenvalue weighted by molar-refractivity contribution is -0.687. The highest BCUT2D eigenvalue weighted by atomic mass is 32.2. The second-order valence-electron chi connectivity index (χ2n) is 7.68. The van der Waals surface area contributed by atoms with Crippen molar-refractivity contribution in [3.05, 3.63) is 17.1 Å². The van der Waals surface area contributed by atoms with Crippen LogP contribution in [0.2, 0.25) is 0 Å². The van der Waals surface area contributed by atoms with Crippen LogP contribution in [0, 0.1) is 0 Å². The molecule has 0 N–H and O–H groups in total. The lowest BCUT2D eigenvalue weighted by Crippen LogP contribution is -2.31. The molecule has 0 aliphatic heterocycles. The average Bonchev–Trinajstić information content (AvgIpc) is 3.18. The molecule has 1 rings (SSSR count). The first kappa shape index (κ1) is 24.7. The Bertz CT molecular complexity index is 434. The molecule has 1 heterocycles. The summed E-state index contributed by atoms with van der Waals surface area (Å²) in [4.78, 5) is 11.9. The zero-order valence-electron chi connectivity index (χ0n) is 17.6. The Morgan fingerprint density at radius 3 is 1.81 bits per heavy atom. The highest BCUT2D eigenvalue weighted by Gasteiger charge is 2.05. The highest BCUT2D eigenvalue weighted by Crippen LogP contribution is 2.15. The molecule has 27 heavy (non-hydrogen) atoms. The Morgan fingerprint density at radius 1 is 0.815 bits per heavy atom. The normalized spacial score (nSPS) is 11.1. The van der Waals surface area contributed by atoms with Crippen LogP contribution in [0.4, 0.5) is 0 Å². The number of aryl methyl sites for hydroxylation is 1. The molecule has 1 aromatic heterocycles. The molecule has 0 amide bonds. The van der Waals surface area contributed by atoms with Gasteiger partial charge in [-0.15, -0.1) is 0 Å². The molecular weight excluding hydrogens is 370 g/mol. The van der Waals surface area contributed by atoms with Crippen LogP contribution in [0.1, 0.15) is 110 Å². The van der Waals surface area contributed by atoms with E-state index in [9.17, 15) is 4.79 Å². The quantitative estimate of drug-likeness (QED) is 0.173. The van der Waals surface area contributed by atoms with Gasteiger partial charge in [0, 0.05) is 6.42 Å². The lowest BCUT2D eigenvalue weighted by Gasteiger charge is -2.03. The Labute approximate surface area is 176 Å². The van der Waals surface area contributed by atoms with Crippen molar-refractivity contribution in [1.29, 1.82) is 0 Å². The van der Waals surface area contributed by atoms with E-state index in [1.807, 2.05) is 0 Å². The third-order valence-electron chi connectivity index (χ3n) is 5.12. The summed E-state index contributed by atoms with van der Waals surface area (Å²) in [6, 6.07) is 0. The number of thioether (sulfide) groups is 1. The van der Waals surface area contributed by atoms with Crippen LogP contribution in [0.3, 0.4) is 0 Å². The molecule has 0 unspecified atom stereocenters. The van der Waals surface area contributed by atoms with Gasteiger partial charge in [-0.2, -0.15) is 4.57 Å². The minimum atomic E-state index is 0.375. The van der Waals surface area contributed by atoms with Gasteiger partial charge in [0.2, 0.25) is 5.51 Å². The second kappa shape index (κ2) is 19.0. The van der Waals surface area contributed by atoms with E-state index in [1.165, 1.54) is 102 Å². The smallest absolute Gasteiger partial charge is 0.224 e. The highest BCUT2D eigenvalue weighted by molar-refractivity contribution is 8.13. The van der Waals surface area contributed by atoms with E-state index in [0.29, 0.717) is 5.12 Å². The molecule has 0 radical (unpaired) electrons. The molecule has 0 aliphatic carbocycles. The number of hydrogen-bond donors (Lipinski definition) is 0. The number of unbranched alkanes of at least 4 members (excludes halogenated alkanes) is 14. The number of hydrogen-bond acceptors (Lipinski definition) is 3. The van der Waals surface area contributed by atoms with E-state index in [2.05, 4.69) is 28.6 Å². The van der Waals surface area contributed by atoms with Crippen molar-refractivity contribution in [2.24, 2.45) is 0 Å². The summed E-state index contributed by atoms with van der Waals surface area (Å²) in [5, 5.41) is 2.45. The minimum absolute atomic E-state index is 0.375. The van der Waals surface area contributed by atoms with Gasteiger partial charge >= 0.3 is 0 Å². The zero-order valence-corrected chi connectivity index (χ0v) is 19.3. The average molecular weight is 413 g/mol. The van der Waals surface area contributed by atoms with Crippen LogP contribution in [-0.4, -0.2) is 10.9 Å². The SMILES string of the molecule is CCCCCCCCCCCCCCCCCC(=O)SCC[n+]1ccsc1. The van der Waals surface area contributed by atoms with Crippen molar-refractivity contribution in [2.45, 2.75) is 116 Å². The fourth-order valence-corrected chi connectivity index (χ4v) is 4.81. The molecule has 4 heteroatoms. The first-order valence-electron chi connectivity index (χ1n) is 11.4. The molecule has 0 atom stereocenters. The van der Waals surface area contributed by atoms with Gasteiger partial charge < -0.3 is 0 Å². The lowest BCUT2D eigenvalue weighted by atomic mass is 10.0. The second-order valence-corrected chi connectivity index (χ2v) is 9.59. The van der Waals surface area contributed by atoms with Crippen molar-refractivity contribution in [2.75, 3.05) is 5.75 Å². The Balaban J connectivity index is 1.73. The number of aromatic nitrogens is 1. The maximum atomic E-state index is 11.9. The fourth-order valence-electron chi connectivity index (χ4n) is 3.37. The third-order valence-corrected chi connectivity index (χ3v) is 6.71. The monoisotopic (exact) mass is 412 g/mol. The van der Waals surface area contributed by atoms with E-state index in [-0.39, 0.29) is 0 Å². The van der Waals surface area contributed by atoms with Gasteiger partial charge in [0.15, 0.2) is 17.9 Å². The third kappa shape index (κ3) is 16.3. The van der Waals surface area contributed by atoms with Gasteiger partial charge in [0.05, 0.1) is 11.1 Å². The summed E-state index contributed by atoms with van der Waals surface area (Å²) in [6.45, 7) is 3.23. The zero-order chi connectivity index (χ0) is 19.4. The number of thiazole rings is 1. The van der Waals surface area contributed by atoms with Crippen molar-refractivity contribution >= 4 is 28.2 Å². The largest absolute Gasteiger partial charge is 0.287 e. The van der Waals surface area contributed by atoms with Gasteiger partial charge in [-0.3, -0.25) is 4.79 Å². The van der Waals surface area contributed by atoms with E-state index < -0.39 is 0 Å². The van der Waals surface area contributed by atoms with Crippen LogP contribution in [0.25, 0.3) is 0 Å². The van der Waals surface area contributed by atoms with Crippen molar-refractivity contribution < 1.29 is 9.36 Å². The Hall–Kier alpha value is -0.350. The molecule has 0 spiro atoms. The summed E-state index contributed by atoms with van der Waals surface area (Å²) in [5.41, 5.74) is 2.10. The van der Waals surface area contributed by atoms with E-state index >= 15 is 0 Å². The first-order valence-corrected chi connectivity index (χ1v) is 13.3. The first-order chi connectivity index (χ1) is 13.3. The van der Waals surface area contributed by atoms with Crippen LogP contribution in [0.15, 0.2) is 17.1 Å². The Morgan fingerprint density at radius 2 is 1.33 bits per heavy atom. The van der Waals surface area contributed by atoms with Crippen LogP contribution < -0.4 is 4.57 Å². The van der Waals surface area contributed by atoms with Gasteiger partial charge in [0.25, 0.3) is 0 Å². The topological polar surface area (TPSA) is 20.9 Å². The summed E-state index contributed by atoms with van der Waals surface area (Å²) >= 11 is 3.21. The standard InChI is InChI=1S/C23H42NOS2/c1-2-3-4-5-6-7-8-9-10-11-12-13-14-15-16-17-23(25)27-21-19-24-18-20-26-22-24/h18,20,22H,2-17,19,21H2,1H3/q+1. The molecular formula is C23H42NOS2+. The van der Waals surface area contributed by atoms with Crippen LogP contribution in [0.5, 0.6) is 0 Å². The number of carbonyl (C=O) groups excluding carboxylic acids is 1. The van der Waals surface area contributed by atoms with Gasteiger partial charge in [-0.1, -0.05) is 120 Å². The van der Waals surface area contributed by atoms with Gasteiger partial charge in [-0.05, 0) is 6.42 Å². The number of carbonyl (C=O) groups is 1. The number of nitrogens with zero attached hydrogens (tertiary/aromatic N) is 1. The molecule has 1 aromatic rings. The Kier molecular flexibility index (Phi) is 17.4. The van der Waals surface area contributed by atoms with E-state index in [4.69, 9.17) is 0 Å². The molecule has 156 valence electrons. The van der Waals surface area contributed by atoms with Gasteiger partial charge in [-0.25, -0.2) is 0 Å². The molecule has 0 saturated carbocycles. The predicted octanol–water partition coefficient (Wildman–Crippen LogP) is 7.56. The van der Waals surface area contributed by atoms with E-state index in [0.717, 1.165) is 25.1 Å². The maximum absolute atomic E-state index is 11.9. The minimum Gasteiger partial charge on any atom is -0.287 e. The summed E-state index contributed by atoms with van der Waals surface area (Å²) < 4.78 is 2.15. The summed E-state index contributed by atoms with van der Waals surface area (Å²) in [5.74, 6) is 0.902. The van der Waals surface area contributed by atoms with Crippen molar-refractivity contribution in [3.63, 3.8) is 0 Å². The van der Waals surface area contributed by atoms with Gasteiger partial charge in [0.1, 0.15) is 0 Å². The van der Waals surface area contributed by atoms with Crippen molar-refractivity contribution in [1.82, 2.24) is 0 Å². The molecule has 2 nitrogen and oxygen atoms in total. The van der Waals surface area contributed by atoms with E-state index in [1.54, 1.807) is 11.3 Å². The summed E-state index contributed by atoms with van der Waals surface area (Å²) in [7, 11) is 0. The number of rotatable bonds is 19. The maximum Gasteiger partial charge on any atom is 0.224 e. The summed E-state index contributed by atoms with van der Waals surface area (Å²) in [6.07, 6.45) is 23.4. The fraction of sp³-hybridized carbons (Fsp3) is 0.826. The predicted molar refractivity (Wildman–Crippen MR) is 122 cm³/mol. The molecule has 0 bridgehead atoms. The molecule has 0 fully saturated rings.